The Balaban J connectivity index is 1.67. The van der Waals surface area contributed by atoms with Crippen LogP contribution in [0.1, 0.15) is 33.6 Å². The highest BCUT2D eigenvalue weighted by atomic mass is 35.5. The third-order valence-corrected chi connectivity index (χ3v) is 4.66. The standard InChI is InChI=1S/C20H16ClNO2/c21-14-10-8-13(9-11-14)12-24-20(23)19-15-4-1-2-6-17(15)22-18-7-3-5-16(18)19/h1-2,4,6,8-11H,3,5,7,12H2. The lowest BCUT2D eigenvalue weighted by Gasteiger charge is -2.12. The molecule has 2 aromatic carbocycles. The number of pyridine rings is 1. The molecule has 1 aliphatic carbocycles. The van der Waals surface area contributed by atoms with Crippen molar-refractivity contribution in [2.75, 3.05) is 0 Å². The number of aromatic nitrogens is 1. The Labute approximate surface area is 145 Å². The number of carbonyl (C=O) groups excluding carboxylic acids is 1. The van der Waals surface area contributed by atoms with Crippen molar-refractivity contribution in [1.29, 1.82) is 0 Å². The van der Waals surface area contributed by atoms with Crippen molar-refractivity contribution in [3.63, 3.8) is 0 Å². The predicted octanol–water partition coefficient (Wildman–Crippen LogP) is 4.73. The normalized spacial score (nSPS) is 13.0. The summed E-state index contributed by atoms with van der Waals surface area (Å²) in [4.78, 5) is 17.5. The number of nitrogens with zero attached hydrogens (tertiary/aromatic N) is 1. The van der Waals surface area contributed by atoms with Crippen molar-refractivity contribution in [2.45, 2.75) is 25.9 Å². The van der Waals surface area contributed by atoms with Crippen molar-refractivity contribution < 1.29 is 9.53 Å². The Morgan fingerprint density at radius 2 is 1.88 bits per heavy atom. The fourth-order valence-corrected chi connectivity index (χ4v) is 3.37. The zero-order chi connectivity index (χ0) is 16.5. The second-order valence-corrected chi connectivity index (χ2v) is 6.42. The van der Waals surface area contributed by atoms with Crippen molar-refractivity contribution in [2.24, 2.45) is 0 Å². The second kappa shape index (κ2) is 6.25. The SMILES string of the molecule is O=C(OCc1ccc(Cl)cc1)c1c2c(nc3ccccc13)CCC2. The summed E-state index contributed by atoms with van der Waals surface area (Å²) in [5, 5.41) is 1.54. The molecule has 24 heavy (non-hydrogen) atoms. The van der Waals surface area contributed by atoms with E-state index in [4.69, 9.17) is 21.3 Å². The van der Waals surface area contributed by atoms with E-state index < -0.39 is 0 Å². The summed E-state index contributed by atoms with van der Waals surface area (Å²) in [5.74, 6) is -0.276. The smallest absolute Gasteiger partial charge is 0.339 e. The van der Waals surface area contributed by atoms with Crippen LogP contribution in [0.5, 0.6) is 0 Å². The molecule has 0 fully saturated rings. The van der Waals surface area contributed by atoms with Gasteiger partial charge in [-0.25, -0.2) is 4.79 Å². The van der Waals surface area contributed by atoms with Gasteiger partial charge in [-0.1, -0.05) is 41.9 Å². The van der Waals surface area contributed by atoms with Gasteiger partial charge in [-0.3, -0.25) is 4.98 Å². The molecule has 0 aliphatic heterocycles. The van der Waals surface area contributed by atoms with Gasteiger partial charge in [-0.2, -0.15) is 0 Å². The van der Waals surface area contributed by atoms with E-state index in [9.17, 15) is 4.79 Å². The van der Waals surface area contributed by atoms with E-state index in [0.717, 1.165) is 47.0 Å². The van der Waals surface area contributed by atoms with E-state index in [-0.39, 0.29) is 12.6 Å². The summed E-state index contributed by atoms with van der Waals surface area (Å²) >= 11 is 5.88. The van der Waals surface area contributed by atoms with Crippen LogP contribution in [-0.4, -0.2) is 11.0 Å². The Hall–Kier alpha value is -2.39. The van der Waals surface area contributed by atoms with Gasteiger partial charge >= 0.3 is 5.97 Å². The number of benzene rings is 2. The molecule has 0 saturated carbocycles. The second-order valence-electron chi connectivity index (χ2n) is 5.99. The molecule has 120 valence electrons. The van der Waals surface area contributed by atoms with Crippen molar-refractivity contribution >= 4 is 28.5 Å². The summed E-state index contributed by atoms with van der Waals surface area (Å²) in [6.45, 7) is 0.238. The molecule has 3 aromatic rings. The van der Waals surface area contributed by atoms with Crippen molar-refractivity contribution in [1.82, 2.24) is 4.98 Å². The van der Waals surface area contributed by atoms with Crippen molar-refractivity contribution in [3.05, 3.63) is 75.9 Å². The number of ether oxygens (including phenoxy) is 1. The van der Waals surface area contributed by atoms with E-state index in [2.05, 4.69) is 0 Å². The van der Waals surface area contributed by atoms with Crippen LogP contribution in [0.4, 0.5) is 0 Å². The number of rotatable bonds is 3. The number of halogens is 1. The molecule has 0 bridgehead atoms. The number of fused-ring (bicyclic) bond motifs is 2. The largest absolute Gasteiger partial charge is 0.457 e. The minimum absolute atomic E-state index is 0.238. The third kappa shape index (κ3) is 2.76. The van der Waals surface area contributed by atoms with E-state index in [1.807, 2.05) is 36.4 Å². The quantitative estimate of drug-likeness (QED) is 0.648. The van der Waals surface area contributed by atoms with Gasteiger partial charge in [0.25, 0.3) is 0 Å². The Morgan fingerprint density at radius 1 is 1.08 bits per heavy atom. The lowest BCUT2D eigenvalue weighted by atomic mass is 10.0. The lowest BCUT2D eigenvalue weighted by molar-refractivity contribution is 0.0474. The molecule has 1 aromatic heterocycles. The molecule has 3 nitrogen and oxygen atoms in total. The predicted molar refractivity (Wildman–Crippen MR) is 94.3 cm³/mol. The maximum Gasteiger partial charge on any atom is 0.339 e. The maximum absolute atomic E-state index is 12.8. The Morgan fingerprint density at radius 3 is 2.71 bits per heavy atom. The van der Waals surface area contributed by atoms with E-state index >= 15 is 0 Å². The van der Waals surface area contributed by atoms with Gasteiger partial charge in [0.05, 0.1) is 11.1 Å². The lowest BCUT2D eigenvalue weighted by Crippen LogP contribution is -2.10. The molecular weight excluding hydrogens is 322 g/mol. The average Bonchev–Trinajstić information content (AvgIpc) is 3.06. The molecule has 0 atom stereocenters. The summed E-state index contributed by atoms with van der Waals surface area (Å²) in [6.07, 6.45) is 2.85. The number of para-hydroxylation sites is 1. The molecule has 0 saturated heterocycles. The highest BCUT2D eigenvalue weighted by Crippen LogP contribution is 2.30. The van der Waals surface area contributed by atoms with E-state index in [0.29, 0.717) is 10.6 Å². The first-order chi connectivity index (χ1) is 11.7. The van der Waals surface area contributed by atoms with Gasteiger partial charge < -0.3 is 4.74 Å². The minimum Gasteiger partial charge on any atom is -0.457 e. The number of hydrogen-bond acceptors (Lipinski definition) is 3. The minimum atomic E-state index is -0.276. The molecule has 4 heteroatoms. The Kier molecular flexibility index (Phi) is 3.95. The van der Waals surface area contributed by atoms with Gasteiger partial charge in [-0.15, -0.1) is 0 Å². The van der Waals surface area contributed by atoms with Crippen LogP contribution < -0.4 is 0 Å². The first kappa shape index (κ1) is 15.2. The first-order valence-corrected chi connectivity index (χ1v) is 8.42. The average molecular weight is 338 g/mol. The number of aryl methyl sites for hydroxylation is 1. The topological polar surface area (TPSA) is 39.2 Å². The third-order valence-electron chi connectivity index (χ3n) is 4.41. The molecule has 0 N–H and O–H groups in total. The van der Waals surface area contributed by atoms with Crippen LogP contribution in [0.15, 0.2) is 48.5 Å². The molecule has 1 aliphatic rings. The van der Waals surface area contributed by atoms with Crippen LogP contribution in [-0.2, 0) is 24.2 Å². The molecule has 0 spiro atoms. The summed E-state index contributed by atoms with van der Waals surface area (Å²) in [6, 6.07) is 15.1. The number of carbonyl (C=O) groups is 1. The molecule has 4 rings (SSSR count). The fraction of sp³-hybridized carbons (Fsp3) is 0.200. The molecule has 0 radical (unpaired) electrons. The van der Waals surface area contributed by atoms with Gasteiger partial charge in [0.2, 0.25) is 0 Å². The number of hydrogen-bond donors (Lipinski definition) is 0. The van der Waals surface area contributed by atoms with Gasteiger partial charge in [0.15, 0.2) is 0 Å². The molecule has 0 amide bonds. The van der Waals surface area contributed by atoms with Gasteiger partial charge in [-0.05, 0) is 48.6 Å². The van der Waals surface area contributed by atoms with Crippen LogP contribution >= 0.6 is 11.6 Å². The summed E-state index contributed by atoms with van der Waals surface area (Å²) < 4.78 is 5.58. The van der Waals surface area contributed by atoms with E-state index in [1.165, 1.54) is 0 Å². The molecule has 1 heterocycles. The fourth-order valence-electron chi connectivity index (χ4n) is 3.25. The zero-order valence-corrected chi connectivity index (χ0v) is 13.8. The van der Waals surface area contributed by atoms with Crippen LogP contribution in [0.25, 0.3) is 10.9 Å². The summed E-state index contributed by atoms with van der Waals surface area (Å²) in [7, 11) is 0. The highest BCUT2D eigenvalue weighted by molar-refractivity contribution is 6.30. The van der Waals surface area contributed by atoms with Crippen molar-refractivity contribution in [3.8, 4) is 0 Å². The molecule has 0 unspecified atom stereocenters. The van der Waals surface area contributed by atoms with E-state index in [1.54, 1.807) is 12.1 Å². The van der Waals surface area contributed by atoms with Gasteiger partial charge in [0.1, 0.15) is 6.61 Å². The maximum atomic E-state index is 12.8. The van der Waals surface area contributed by atoms with Crippen LogP contribution in [0, 0.1) is 0 Å². The summed E-state index contributed by atoms with van der Waals surface area (Å²) in [5.41, 5.74) is 4.54. The first-order valence-electron chi connectivity index (χ1n) is 8.04. The van der Waals surface area contributed by atoms with Gasteiger partial charge in [0, 0.05) is 16.1 Å². The zero-order valence-electron chi connectivity index (χ0n) is 13.1. The molecular formula is C20H16ClNO2. The highest BCUT2D eigenvalue weighted by Gasteiger charge is 2.24. The van der Waals surface area contributed by atoms with Crippen LogP contribution in [0.3, 0.4) is 0 Å². The monoisotopic (exact) mass is 337 g/mol. The number of esters is 1. The Bertz CT molecular complexity index is 919. The van der Waals surface area contributed by atoms with Crippen LogP contribution in [0.2, 0.25) is 5.02 Å².